The molecule has 0 aliphatic carbocycles. The lowest BCUT2D eigenvalue weighted by Gasteiger charge is -1.93. The van der Waals surface area contributed by atoms with E-state index in [-0.39, 0.29) is 0 Å². The fourth-order valence-corrected chi connectivity index (χ4v) is 0. The van der Waals surface area contributed by atoms with Gasteiger partial charge in [-0.3, -0.25) is 0 Å². The largest absolute Gasteiger partial charge is 0.442 e. The zero-order chi connectivity index (χ0) is 6.50. The van der Waals surface area contributed by atoms with Crippen molar-refractivity contribution in [2.45, 2.75) is 13.1 Å². The van der Waals surface area contributed by atoms with E-state index in [2.05, 4.69) is 0 Å². The summed E-state index contributed by atoms with van der Waals surface area (Å²) >= 11 is 10.9. The predicted molar refractivity (Wildman–Crippen MR) is 41.3 cm³/mol. The van der Waals surface area contributed by atoms with Crippen molar-refractivity contribution in [3.8, 4) is 0 Å². The molecule has 0 aliphatic rings. The fraction of sp³-hybridized carbons (Fsp3) is 1.00. The summed E-state index contributed by atoms with van der Waals surface area (Å²) in [5.74, 6) is 0. The van der Waals surface area contributed by atoms with Gasteiger partial charge in [-0.05, 0) is 13.1 Å². The lowest BCUT2D eigenvalue weighted by atomic mass is 11.9. The van der Waals surface area contributed by atoms with E-state index < -0.39 is 6.69 Å². The van der Waals surface area contributed by atoms with Crippen LogP contribution in [-0.4, -0.2) is 22.0 Å². The molecule has 0 aromatic carbocycles. The van der Waals surface area contributed by atoms with E-state index >= 15 is 0 Å². The van der Waals surface area contributed by atoms with Crippen molar-refractivity contribution in [3.05, 3.63) is 0 Å². The maximum absolute atomic E-state index is 7.14. The smallest absolute Gasteiger partial charge is 0.245 e. The van der Waals surface area contributed by atoms with E-state index in [9.17, 15) is 0 Å². The van der Waals surface area contributed by atoms with E-state index in [1.807, 2.05) is 13.1 Å². The fourth-order valence-electron chi connectivity index (χ4n) is 0. The Labute approximate surface area is 57.6 Å². The monoisotopic (exact) mass is 176 g/mol. The third-order valence-corrected chi connectivity index (χ3v) is 0. The molecular weight excluding hydrogens is 167 g/mol. The lowest BCUT2D eigenvalue weighted by Crippen LogP contribution is -2.02. The number of rotatable bonds is 0. The molecule has 0 aromatic rings. The van der Waals surface area contributed by atoms with Crippen LogP contribution < -0.4 is 0 Å². The third kappa shape index (κ3) is 182. The van der Waals surface area contributed by atoms with Gasteiger partial charge in [-0.2, -0.15) is 0 Å². The summed E-state index contributed by atoms with van der Waals surface area (Å²) in [6, 6.07) is 0. The first-order chi connectivity index (χ1) is 3.00. The van der Waals surface area contributed by atoms with Crippen LogP contribution in [0, 0.1) is 0 Å². The van der Waals surface area contributed by atoms with Crippen molar-refractivity contribution in [1.29, 1.82) is 0 Å². The first-order valence-corrected chi connectivity index (χ1v) is 7.74. The molecule has 1 N–H and O–H groups in total. The number of hydrogen-bond acceptors (Lipinski definition) is 1. The second-order valence-electron chi connectivity index (χ2n) is 1.33. The molecule has 7 heavy (non-hydrogen) atoms. The molecule has 0 heterocycles. The average molecular weight is 177 g/mol. The Morgan fingerprint density at radius 3 is 1.29 bits per heavy atom. The Bertz CT molecular complexity index is 29.2. The van der Waals surface area contributed by atoms with Gasteiger partial charge in [0.05, 0.1) is 0 Å². The Kier molecular flexibility index (Phi) is 7.94. The molecular formula is C2H10Cl2OSi2. The zero-order valence-corrected chi connectivity index (χ0v) is 9.22. The van der Waals surface area contributed by atoms with Crippen LogP contribution in [0.15, 0.2) is 0 Å². The van der Waals surface area contributed by atoms with Crippen LogP contribution in [0.25, 0.3) is 0 Å². The molecule has 0 aromatic heterocycles. The van der Waals surface area contributed by atoms with Gasteiger partial charge in [0.1, 0.15) is 10.5 Å². The van der Waals surface area contributed by atoms with E-state index in [1.165, 1.54) is 0 Å². The average Bonchev–Trinajstić information content (AvgIpc) is 1.36. The molecule has 0 rings (SSSR count). The minimum absolute atomic E-state index is 0.306. The second-order valence-corrected chi connectivity index (χ2v) is 10.2. The van der Waals surface area contributed by atoms with E-state index in [0.29, 0.717) is 10.5 Å². The minimum Gasteiger partial charge on any atom is -0.442 e. The minimum atomic E-state index is -1.67. The Morgan fingerprint density at radius 2 is 1.29 bits per heavy atom. The van der Waals surface area contributed by atoms with Crippen molar-refractivity contribution in [3.63, 3.8) is 0 Å². The SMILES string of the molecule is C[Si](C)(Cl)Cl.O[SiH3]. The molecule has 0 saturated heterocycles. The van der Waals surface area contributed by atoms with Gasteiger partial charge in [-0.25, -0.2) is 0 Å². The quantitative estimate of drug-likeness (QED) is 0.420. The molecule has 46 valence electrons. The number of hydrogen-bond donors (Lipinski definition) is 1. The standard InChI is InChI=1S/C2H6Cl2Si.H4OSi/c1-5(2,3)4;1-2/h1-2H3;1H,2H3. The molecule has 0 spiro atoms. The highest BCUT2D eigenvalue weighted by Gasteiger charge is 2.08. The highest BCUT2D eigenvalue weighted by molar-refractivity contribution is 7.44. The molecule has 1 nitrogen and oxygen atoms in total. The van der Waals surface area contributed by atoms with Crippen LogP contribution in [0.4, 0.5) is 0 Å². The summed E-state index contributed by atoms with van der Waals surface area (Å²) < 4.78 is 0. The highest BCUT2D eigenvalue weighted by Crippen LogP contribution is 2.10. The van der Waals surface area contributed by atoms with Gasteiger partial charge in [-0.15, -0.1) is 22.2 Å². The molecule has 0 fully saturated rings. The van der Waals surface area contributed by atoms with Crippen LogP contribution in [0.2, 0.25) is 13.1 Å². The first-order valence-electron chi connectivity index (χ1n) is 1.83. The van der Waals surface area contributed by atoms with Crippen LogP contribution in [0.3, 0.4) is 0 Å². The van der Waals surface area contributed by atoms with Gasteiger partial charge in [0.25, 0.3) is 0 Å². The summed E-state index contributed by atoms with van der Waals surface area (Å²) in [6.07, 6.45) is 0. The second kappa shape index (κ2) is 5.12. The maximum atomic E-state index is 7.14. The Balaban J connectivity index is 0. The van der Waals surface area contributed by atoms with Crippen LogP contribution in [0.5, 0.6) is 0 Å². The van der Waals surface area contributed by atoms with Crippen molar-refractivity contribution >= 4 is 39.3 Å². The summed E-state index contributed by atoms with van der Waals surface area (Å²) in [5.41, 5.74) is 0. The topological polar surface area (TPSA) is 20.2 Å². The molecule has 0 atom stereocenters. The van der Waals surface area contributed by atoms with Gasteiger partial charge in [0.2, 0.25) is 6.69 Å². The van der Waals surface area contributed by atoms with Crippen molar-refractivity contribution in [2.75, 3.05) is 0 Å². The Hall–Kier alpha value is 0.974. The van der Waals surface area contributed by atoms with Crippen molar-refractivity contribution in [1.82, 2.24) is 0 Å². The summed E-state index contributed by atoms with van der Waals surface area (Å²) in [5, 5.41) is 0. The molecule has 5 heteroatoms. The molecule has 0 amide bonds. The predicted octanol–water partition coefficient (Wildman–Crippen LogP) is 0.425. The summed E-state index contributed by atoms with van der Waals surface area (Å²) in [7, 11) is 0.306. The first kappa shape index (κ1) is 10.9. The van der Waals surface area contributed by atoms with E-state index in [0.717, 1.165) is 0 Å². The zero-order valence-electron chi connectivity index (χ0n) is 4.70. The molecule has 0 aliphatic heterocycles. The molecule has 0 bridgehead atoms. The lowest BCUT2D eigenvalue weighted by molar-refractivity contribution is 0.629. The number of halogens is 2. The van der Waals surface area contributed by atoms with Crippen LogP contribution in [0.1, 0.15) is 0 Å². The summed E-state index contributed by atoms with van der Waals surface area (Å²) in [4.78, 5) is 7.14. The highest BCUT2D eigenvalue weighted by atomic mass is 35.7. The van der Waals surface area contributed by atoms with E-state index in [4.69, 9.17) is 27.0 Å². The molecule has 0 saturated carbocycles. The normalized spacial score (nSPS) is 9.86. The van der Waals surface area contributed by atoms with Gasteiger partial charge in [0, 0.05) is 0 Å². The van der Waals surface area contributed by atoms with Crippen LogP contribution >= 0.6 is 22.2 Å². The van der Waals surface area contributed by atoms with Crippen molar-refractivity contribution in [2.24, 2.45) is 0 Å². The Morgan fingerprint density at radius 1 is 1.29 bits per heavy atom. The maximum Gasteiger partial charge on any atom is 0.245 e. The van der Waals surface area contributed by atoms with Crippen molar-refractivity contribution < 1.29 is 4.80 Å². The van der Waals surface area contributed by atoms with Gasteiger partial charge >= 0.3 is 0 Å². The van der Waals surface area contributed by atoms with E-state index in [1.54, 1.807) is 0 Å². The van der Waals surface area contributed by atoms with Gasteiger partial charge < -0.3 is 4.80 Å². The van der Waals surface area contributed by atoms with Crippen LogP contribution in [-0.2, 0) is 0 Å². The third-order valence-electron chi connectivity index (χ3n) is 0. The summed E-state index contributed by atoms with van der Waals surface area (Å²) in [6.45, 7) is 2.05. The van der Waals surface area contributed by atoms with Gasteiger partial charge in [-0.1, -0.05) is 0 Å². The molecule has 0 radical (unpaired) electrons. The van der Waals surface area contributed by atoms with Gasteiger partial charge in [0.15, 0.2) is 0 Å². The molecule has 0 unspecified atom stereocenters.